The second kappa shape index (κ2) is 11.1. The summed E-state index contributed by atoms with van der Waals surface area (Å²) in [6.45, 7) is 2.62. The smallest absolute Gasteiger partial charge is 0.466 e. The van der Waals surface area contributed by atoms with Gasteiger partial charge in [-0.25, -0.2) is 4.79 Å². The fraction of sp³-hybridized carbons (Fsp3) is 0.208. The predicted molar refractivity (Wildman–Crippen MR) is 116 cm³/mol. The van der Waals surface area contributed by atoms with Crippen molar-refractivity contribution in [1.82, 2.24) is 0 Å². The lowest BCUT2D eigenvalue weighted by Gasteiger charge is -2.24. The van der Waals surface area contributed by atoms with Crippen LogP contribution >= 0.6 is 7.26 Å². The van der Waals surface area contributed by atoms with Gasteiger partial charge in [-0.05, 0) is 42.8 Å². The quantitative estimate of drug-likeness (QED) is 0.384. The van der Waals surface area contributed by atoms with E-state index in [1.807, 2.05) is 54.6 Å². The number of halogens is 1. The van der Waals surface area contributed by atoms with E-state index in [4.69, 9.17) is 4.74 Å². The average molecular weight is 457 g/mol. The van der Waals surface area contributed by atoms with Gasteiger partial charge in [-0.15, -0.1) is 0 Å². The molecule has 0 bridgehead atoms. The fourth-order valence-electron chi connectivity index (χ4n) is 3.33. The van der Waals surface area contributed by atoms with Crippen LogP contribution in [0.2, 0.25) is 0 Å². The van der Waals surface area contributed by atoms with Crippen molar-refractivity contribution in [2.45, 2.75) is 26.2 Å². The molecule has 0 fully saturated rings. The lowest BCUT2D eigenvalue weighted by atomic mass is 10.3. The van der Waals surface area contributed by atoms with Gasteiger partial charge in [-0.1, -0.05) is 74.4 Å². The van der Waals surface area contributed by atoms with Crippen LogP contribution < -0.4 is 32.9 Å². The van der Waals surface area contributed by atoms with Crippen LogP contribution in [0.15, 0.2) is 91.0 Å². The first-order chi connectivity index (χ1) is 13.3. The van der Waals surface area contributed by atoms with Gasteiger partial charge in [-0.3, -0.25) is 0 Å². The highest BCUT2D eigenvalue weighted by Gasteiger charge is 2.55. The summed E-state index contributed by atoms with van der Waals surface area (Å²) in [7, 11) is -2.55. The van der Waals surface area contributed by atoms with Gasteiger partial charge in [0, 0.05) is 0 Å². The molecule has 0 N–H and O–H groups in total. The van der Waals surface area contributed by atoms with Crippen molar-refractivity contribution in [2.24, 2.45) is 0 Å². The Kier molecular flexibility index (Phi) is 8.89. The summed E-state index contributed by atoms with van der Waals surface area (Å²) in [5.41, 5.74) is -0.109. The third kappa shape index (κ3) is 4.71. The zero-order valence-electron chi connectivity index (χ0n) is 16.1. The van der Waals surface area contributed by atoms with Crippen molar-refractivity contribution in [3.8, 4) is 0 Å². The Morgan fingerprint density at radius 3 is 1.46 bits per heavy atom. The molecular formula is C24H26BrO2P. The van der Waals surface area contributed by atoms with Crippen molar-refractivity contribution in [1.29, 1.82) is 0 Å². The Balaban J connectivity index is 0.00000280. The molecule has 0 heterocycles. The molecule has 146 valence electrons. The van der Waals surface area contributed by atoms with E-state index in [0.717, 1.165) is 35.2 Å². The molecule has 28 heavy (non-hydrogen) atoms. The number of carbonyl (C=O) groups excluding carboxylic acids is 1. The molecule has 4 heteroatoms. The monoisotopic (exact) mass is 456 g/mol. The maximum absolute atomic E-state index is 13.7. The van der Waals surface area contributed by atoms with Gasteiger partial charge >= 0.3 is 5.71 Å². The van der Waals surface area contributed by atoms with E-state index in [0.29, 0.717) is 6.61 Å². The van der Waals surface area contributed by atoms with Crippen molar-refractivity contribution >= 4 is 28.9 Å². The van der Waals surface area contributed by atoms with Gasteiger partial charge in [-0.2, -0.15) is 0 Å². The zero-order chi connectivity index (χ0) is 19.0. The second-order valence-electron chi connectivity index (χ2n) is 6.50. The lowest BCUT2D eigenvalue weighted by molar-refractivity contribution is -0.0000101. The number of benzene rings is 3. The summed E-state index contributed by atoms with van der Waals surface area (Å²) in [6.07, 6.45) is 3.08. The third-order valence-corrected chi connectivity index (χ3v) is 8.57. The van der Waals surface area contributed by atoms with Gasteiger partial charge in [0.25, 0.3) is 0 Å². The van der Waals surface area contributed by atoms with Crippen LogP contribution in [0.5, 0.6) is 0 Å². The van der Waals surface area contributed by atoms with Crippen LogP contribution in [0.25, 0.3) is 0 Å². The van der Waals surface area contributed by atoms with Crippen LogP contribution in [-0.2, 0) is 4.74 Å². The van der Waals surface area contributed by atoms with Gasteiger partial charge < -0.3 is 21.7 Å². The number of ether oxygens (including phenoxy) is 1. The number of rotatable bonds is 8. The molecule has 0 aliphatic rings. The van der Waals surface area contributed by atoms with Gasteiger partial charge in [0.1, 0.15) is 15.9 Å². The van der Waals surface area contributed by atoms with Crippen LogP contribution in [0.3, 0.4) is 0 Å². The Hall–Kier alpha value is -1.96. The molecule has 0 aromatic heterocycles. The van der Waals surface area contributed by atoms with Crippen molar-refractivity contribution in [2.75, 3.05) is 6.61 Å². The van der Waals surface area contributed by atoms with Crippen LogP contribution in [0.1, 0.15) is 26.2 Å². The Bertz CT molecular complexity index is 742. The van der Waals surface area contributed by atoms with E-state index in [1.165, 1.54) is 0 Å². The first-order valence-corrected chi connectivity index (χ1v) is 11.3. The molecule has 0 saturated heterocycles. The molecular weight excluding hydrogens is 431 g/mol. The van der Waals surface area contributed by atoms with E-state index in [-0.39, 0.29) is 22.7 Å². The SMILES string of the molecule is CCCCCOC(=O)[P+](c1ccccc1)(c1ccccc1)c1ccccc1.[Br-]. The lowest BCUT2D eigenvalue weighted by Crippen LogP contribution is -3.00. The molecule has 0 saturated carbocycles. The number of hydrogen-bond donors (Lipinski definition) is 0. The molecule has 3 aromatic rings. The highest BCUT2D eigenvalue weighted by molar-refractivity contribution is 8.07. The van der Waals surface area contributed by atoms with Gasteiger partial charge in [0.2, 0.25) is 7.26 Å². The van der Waals surface area contributed by atoms with Gasteiger partial charge in [0.15, 0.2) is 0 Å². The van der Waals surface area contributed by atoms with Crippen molar-refractivity contribution in [3.05, 3.63) is 91.0 Å². The predicted octanol–water partition coefficient (Wildman–Crippen LogP) is 2.31. The van der Waals surface area contributed by atoms with Crippen molar-refractivity contribution in [3.63, 3.8) is 0 Å². The maximum Gasteiger partial charge on any atom is 0.466 e. The summed E-state index contributed by atoms with van der Waals surface area (Å²) in [5.74, 6) is 0. The number of carbonyl (C=O) groups is 1. The van der Waals surface area contributed by atoms with E-state index < -0.39 is 7.26 Å². The Morgan fingerprint density at radius 1 is 0.714 bits per heavy atom. The van der Waals surface area contributed by atoms with Crippen LogP contribution in [0.4, 0.5) is 4.79 Å². The molecule has 3 rings (SSSR count). The summed E-state index contributed by atoms with van der Waals surface area (Å²) >= 11 is 0. The first kappa shape index (κ1) is 22.3. The van der Waals surface area contributed by atoms with Crippen molar-refractivity contribution < 1.29 is 26.5 Å². The molecule has 2 nitrogen and oxygen atoms in total. The molecule has 0 radical (unpaired) electrons. The van der Waals surface area contributed by atoms with Gasteiger partial charge in [0.05, 0.1) is 6.61 Å². The topological polar surface area (TPSA) is 26.3 Å². The third-order valence-electron chi connectivity index (χ3n) is 4.68. The first-order valence-electron chi connectivity index (χ1n) is 9.53. The summed E-state index contributed by atoms with van der Waals surface area (Å²) in [4.78, 5) is 13.7. The molecule has 3 aromatic carbocycles. The normalized spacial score (nSPS) is 10.8. The molecule has 0 spiro atoms. The largest absolute Gasteiger partial charge is 1.00 e. The number of hydrogen-bond acceptors (Lipinski definition) is 2. The number of unbranched alkanes of at least 4 members (excludes halogenated alkanes) is 2. The molecule has 0 aliphatic heterocycles. The Labute approximate surface area is 179 Å². The van der Waals surface area contributed by atoms with E-state index in [9.17, 15) is 4.79 Å². The van der Waals surface area contributed by atoms with E-state index in [1.54, 1.807) is 0 Å². The zero-order valence-corrected chi connectivity index (χ0v) is 18.6. The summed E-state index contributed by atoms with van der Waals surface area (Å²) in [6, 6.07) is 30.3. The summed E-state index contributed by atoms with van der Waals surface area (Å²) < 4.78 is 5.88. The fourth-order valence-corrected chi connectivity index (χ4v) is 7.00. The minimum absolute atomic E-state index is 0. The van der Waals surface area contributed by atoms with Crippen LogP contribution in [-0.4, -0.2) is 12.3 Å². The average Bonchev–Trinajstić information content (AvgIpc) is 2.74. The molecule has 0 atom stereocenters. The second-order valence-corrected chi connectivity index (χ2v) is 9.75. The highest BCUT2D eigenvalue weighted by Crippen LogP contribution is 2.56. The minimum atomic E-state index is -2.55. The van der Waals surface area contributed by atoms with Crippen LogP contribution in [0, 0.1) is 0 Å². The standard InChI is InChI=1S/C24H26O2P.BrH/c1-2-3-13-20-26-24(25)27(21-14-7-4-8-15-21,22-16-9-5-10-17-22)23-18-11-6-12-19-23;/h4-12,14-19H,2-3,13,20H2,1H3;1H/q+1;/p-1. The molecule has 0 aliphatic carbocycles. The Morgan fingerprint density at radius 2 is 1.11 bits per heavy atom. The minimum Gasteiger partial charge on any atom is -1.00 e. The maximum atomic E-state index is 13.7. The summed E-state index contributed by atoms with van der Waals surface area (Å²) in [5, 5.41) is 3.09. The molecule has 0 unspecified atom stereocenters. The highest BCUT2D eigenvalue weighted by atomic mass is 79.9. The van der Waals surface area contributed by atoms with E-state index in [2.05, 4.69) is 43.3 Å². The van der Waals surface area contributed by atoms with E-state index >= 15 is 0 Å². The molecule has 0 amide bonds.